The number of nitrogens with zero attached hydrogens (tertiary/aromatic N) is 6. The molecule has 40 heavy (non-hydrogen) atoms. The second-order valence-corrected chi connectivity index (χ2v) is 15.1. The number of fused-ring (bicyclic) bond motifs is 2. The monoisotopic (exact) mass is 600 g/mol. The smallest absolute Gasteiger partial charge is 0.243 e. The fraction of sp³-hybridized carbons (Fsp3) is 0.536. The number of phenolic OH excluding ortho intramolecular Hbond substituents is 1. The second-order valence-electron chi connectivity index (χ2n) is 12.1. The van der Waals surface area contributed by atoms with Crippen LogP contribution in [0.25, 0.3) is 22.5 Å². The van der Waals surface area contributed by atoms with Crippen molar-refractivity contribution in [2.24, 2.45) is 10.8 Å². The van der Waals surface area contributed by atoms with E-state index in [0.29, 0.717) is 28.3 Å². The number of aromatic hydroxyl groups is 1. The quantitative estimate of drug-likeness (QED) is 0.190. The number of aromatic nitrogens is 5. The SMILES string of the molecule is C[C@]12CCC[C@](C)(C1)[C@H](F)[C@H](N(c1cnc(-c3ccc(-c4cnnc(OC(S)(S)S)c4)cc3O)nn1)C1CC1)C2. The van der Waals surface area contributed by atoms with Gasteiger partial charge in [-0.15, -0.1) is 53.2 Å². The third kappa shape index (κ3) is 5.59. The summed E-state index contributed by atoms with van der Waals surface area (Å²) in [6, 6.07) is 6.82. The first-order valence-corrected chi connectivity index (χ1v) is 14.9. The summed E-state index contributed by atoms with van der Waals surface area (Å²) in [5.74, 6) is 1.07. The standard InChI is InChI=1S/C28H33FN6O2S3/c1-26-8-3-9-27(2,15-26)24(29)20(12-26)35(18-5-6-18)22-14-30-25(34-32-22)19-7-4-16(10-21(19)36)17-11-23(33-31-13-17)37-28(38,39)40/h4,7,10-11,13-14,18,20,24,36,38-40H,3,5-6,8-9,12,15H2,1-2H3/t20-,24-,26-,27-/m1/s1. The molecule has 3 aliphatic rings. The highest BCUT2D eigenvalue weighted by molar-refractivity contribution is 8.16. The predicted octanol–water partition coefficient (Wildman–Crippen LogP) is 6.15. The molecule has 1 aromatic carbocycles. The Morgan fingerprint density at radius 3 is 2.52 bits per heavy atom. The van der Waals surface area contributed by atoms with Gasteiger partial charge in [-0.1, -0.05) is 26.3 Å². The molecule has 12 heteroatoms. The molecule has 2 aromatic heterocycles. The molecule has 0 radical (unpaired) electrons. The van der Waals surface area contributed by atoms with Gasteiger partial charge in [0.1, 0.15) is 11.9 Å². The highest BCUT2D eigenvalue weighted by atomic mass is 32.2. The third-order valence-electron chi connectivity index (χ3n) is 8.62. The third-order valence-corrected chi connectivity index (χ3v) is 8.90. The molecule has 0 spiro atoms. The Morgan fingerprint density at radius 1 is 1.05 bits per heavy atom. The zero-order valence-electron chi connectivity index (χ0n) is 22.4. The van der Waals surface area contributed by atoms with E-state index in [9.17, 15) is 5.11 Å². The zero-order chi connectivity index (χ0) is 28.3. The number of anilines is 1. The molecule has 3 aliphatic carbocycles. The maximum absolute atomic E-state index is 16.1. The zero-order valence-corrected chi connectivity index (χ0v) is 25.1. The van der Waals surface area contributed by atoms with Crippen molar-refractivity contribution in [1.29, 1.82) is 0 Å². The van der Waals surface area contributed by atoms with Gasteiger partial charge in [-0.2, -0.15) is 5.10 Å². The summed E-state index contributed by atoms with van der Waals surface area (Å²) in [5, 5.41) is 27.6. The van der Waals surface area contributed by atoms with E-state index in [1.54, 1.807) is 30.6 Å². The Hall–Kier alpha value is -2.31. The Balaban J connectivity index is 1.25. The largest absolute Gasteiger partial charge is 0.507 e. The molecular weight excluding hydrogens is 568 g/mol. The number of hydrogen-bond donors (Lipinski definition) is 4. The van der Waals surface area contributed by atoms with Crippen LogP contribution in [0.4, 0.5) is 10.2 Å². The van der Waals surface area contributed by atoms with Crippen molar-refractivity contribution in [3.8, 4) is 34.1 Å². The number of rotatable bonds is 7. The van der Waals surface area contributed by atoms with E-state index < -0.39 is 9.77 Å². The number of halogens is 1. The molecule has 1 N–H and O–H groups in total. The molecule has 3 fully saturated rings. The van der Waals surface area contributed by atoms with Crippen LogP contribution in [0.5, 0.6) is 11.6 Å². The van der Waals surface area contributed by atoms with Gasteiger partial charge in [-0.25, -0.2) is 9.37 Å². The van der Waals surface area contributed by atoms with Crippen LogP contribution < -0.4 is 9.64 Å². The van der Waals surface area contributed by atoms with Crippen LogP contribution in [0.2, 0.25) is 0 Å². The number of hydrogen-bond acceptors (Lipinski definition) is 11. The van der Waals surface area contributed by atoms with E-state index in [1.165, 1.54) is 0 Å². The molecule has 4 atom stereocenters. The summed E-state index contributed by atoms with van der Waals surface area (Å²) in [4.78, 5) is 6.72. The molecule has 212 valence electrons. The Labute approximate surface area is 249 Å². The number of ether oxygens (including phenoxy) is 1. The fourth-order valence-corrected chi connectivity index (χ4v) is 7.16. The van der Waals surface area contributed by atoms with E-state index >= 15 is 4.39 Å². The van der Waals surface area contributed by atoms with Crippen LogP contribution in [-0.2, 0) is 0 Å². The normalized spacial score (nSPS) is 28.2. The molecule has 2 heterocycles. The van der Waals surface area contributed by atoms with Gasteiger partial charge < -0.3 is 14.7 Å². The molecule has 0 aliphatic heterocycles. The van der Waals surface area contributed by atoms with E-state index in [0.717, 1.165) is 44.9 Å². The van der Waals surface area contributed by atoms with Crippen molar-refractivity contribution in [3.63, 3.8) is 0 Å². The van der Waals surface area contributed by atoms with Crippen molar-refractivity contribution in [2.45, 2.75) is 80.6 Å². The lowest BCUT2D eigenvalue weighted by Crippen LogP contribution is -2.58. The summed E-state index contributed by atoms with van der Waals surface area (Å²) in [5.41, 5.74) is 1.64. The average Bonchev–Trinajstić information content (AvgIpc) is 3.72. The Kier molecular flexibility index (Phi) is 7.10. The van der Waals surface area contributed by atoms with Crippen LogP contribution >= 0.6 is 37.9 Å². The van der Waals surface area contributed by atoms with Gasteiger partial charge in [0.15, 0.2) is 11.6 Å². The van der Waals surface area contributed by atoms with Crippen LogP contribution in [0.3, 0.4) is 0 Å². The lowest BCUT2D eigenvalue weighted by Gasteiger charge is -2.56. The van der Waals surface area contributed by atoms with Gasteiger partial charge >= 0.3 is 0 Å². The van der Waals surface area contributed by atoms with Gasteiger partial charge in [0.2, 0.25) is 9.48 Å². The first kappa shape index (κ1) is 27.8. The van der Waals surface area contributed by atoms with Gasteiger partial charge in [0.05, 0.1) is 24.0 Å². The minimum absolute atomic E-state index is 0.0120. The van der Waals surface area contributed by atoms with E-state index in [2.05, 4.69) is 82.0 Å². The first-order chi connectivity index (χ1) is 18.9. The van der Waals surface area contributed by atoms with Crippen molar-refractivity contribution < 1.29 is 14.2 Å². The molecule has 6 rings (SSSR count). The van der Waals surface area contributed by atoms with Gasteiger partial charge in [0, 0.05) is 23.1 Å². The summed E-state index contributed by atoms with van der Waals surface area (Å²) >= 11 is 12.3. The van der Waals surface area contributed by atoms with Crippen LogP contribution in [0.15, 0.2) is 36.7 Å². The van der Waals surface area contributed by atoms with E-state index in [-0.39, 0.29) is 34.5 Å². The van der Waals surface area contributed by atoms with Crippen molar-refractivity contribution >= 4 is 43.7 Å². The van der Waals surface area contributed by atoms with Gasteiger partial charge in [-0.05, 0) is 61.6 Å². The van der Waals surface area contributed by atoms with Crippen LogP contribution in [0.1, 0.15) is 58.8 Å². The molecule has 0 saturated heterocycles. The van der Waals surface area contributed by atoms with Crippen molar-refractivity contribution in [3.05, 3.63) is 36.7 Å². The Morgan fingerprint density at radius 2 is 1.85 bits per heavy atom. The minimum Gasteiger partial charge on any atom is -0.507 e. The number of phenols is 1. The van der Waals surface area contributed by atoms with Crippen LogP contribution in [0, 0.1) is 10.8 Å². The summed E-state index contributed by atoms with van der Waals surface area (Å²) in [6.07, 6.45) is 9.28. The highest BCUT2D eigenvalue weighted by Gasteiger charge is 2.56. The maximum Gasteiger partial charge on any atom is 0.243 e. The molecule has 0 amide bonds. The van der Waals surface area contributed by atoms with E-state index in [4.69, 9.17) is 4.74 Å². The second kappa shape index (κ2) is 10.2. The fourth-order valence-electron chi connectivity index (χ4n) is 6.88. The highest BCUT2D eigenvalue weighted by Crippen LogP contribution is 2.58. The molecule has 3 aromatic rings. The summed E-state index contributed by atoms with van der Waals surface area (Å²) < 4.78 is 20.2. The topological polar surface area (TPSA) is 97.2 Å². The summed E-state index contributed by atoms with van der Waals surface area (Å²) in [7, 11) is 0. The summed E-state index contributed by atoms with van der Waals surface area (Å²) in [6.45, 7) is 4.44. The molecule has 2 bridgehead atoms. The van der Waals surface area contributed by atoms with Gasteiger partial charge in [-0.3, -0.25) is 0 Å². The molecule has 0 unspecified atom stereocenters. The Bertz CT molecular complexity index is 1410. The average molecular weight is 601 g/mol. The van der Waals surface area contributed by atoms with Crippen LogP contribution in [-0.4, -0.2) is 52.3 Å². The number of thiol groups is 3. The van der Waals surface area contributed by atoms with Crippen molar-refractivity contribution in [2.75, 3.05) is 4.90 Å². The predicted molar refractivity (Wildman–Crippen MR) is 162 cm³/mol. The lowest BCUT2D eigenvalue weighted by molar-refractivity contribution is -0.0554. The minimum atomic E-state index is -1.32. The molecule has 3 saturated carbocycles. The molecule has 8 nitrogen and oxygen atoms in total. The molecular formula is C28H33FN6O2S3. The first-order valence-electron chi connectivity index (χ1n) is 13.6. The number of benzene rings is 1. The van der Waals surface area contributed by atoms with Crippen molar-refractivity contribution in [1.82, 2.24) is 25.4 Å². The van der Waals surface area contributed by atoms with E-state index in [1.807, 2.05) is 6.07 Å². The number of alkyl halides is 1. The maximum atomic E-state index is 16.1. The lowest BCUT2D eigenvalue weighted by atomic mass is 9.54. The van der Waals surface area contributed by atoms with Gasteiger partial charge in [0.25, 0.3) is 0 Å².